The maximum absolute atomic E-state index is 5.98. The molecule has 2 N–H and O–H groups in total. The molecule has 2 atom stereocenters. The molecule has 82 valence electrons. The van der Waals surface area contributed by atoms with E-state index in [-0.39, 0.29) is 6.04 Å². The minimum absolute atomic E-state index is 0.252. The van der Waals surface area contributed by atoms with E-state index in [2.05, 4.69) is 31.0 Å². The van der Waals surface area contributed by atoms with Gasteiger partial charge in [-0.05, 0) is 43.5 Å². The molecule has 2 nitrogen and oxygen atoms in total. The molecule has 0 bridgehead atoms. The highest BCUT2D eigenvalue weighted by molar-refractivity contribution is 6.30. The third kappa shape index (κ3) is 2.11. The van der Waals surface area contributed by atoms with Crippen molar-refractivity contribution in [3.05, 3.63) is 28.8 Å². The Hall–Kier alpha value is -0.730. The van der Waals surface area contributed by atoms with Crippen LogP contribution < -0.4 is 10.6 Å². The molecule has 0 fully saturated rings. The summed E-state index contributed by atoms with van der Waals surface area (Å²) in [6.45, 7) is 2.06. The number of nitrogens with two attached hydrogens (primary N) is 1. The minimum atomic E-state index is 0.252. The summed E-state index contributed by atoms with van der Waals surface area (Å²) >= 11 is 5.98. The zero-order valence-electron chi connectivity index (χ0n) is 9.20. The highest BCUT2D eigenvalue weighted by Gasteiger charge is 2.26. The number of halogens is 1. The normalized spacial score (nSPS) is 21.6. The molecule has 2 rings (SSSR count). The Kier molecular flexibility index (Phi) is 2.89. The third-order valence-electron chi connectivity index (χ3n) is 3.07. The maximum Gasteiger partial charge on any atom is 0.0410 e. The molecule has 0 radical (unpaired) electrons. The lowest BCUT2D eigenvalue weighted by Crippen LogP contribution is -2.33. The van der Waals surface area contributed by atoms with E-state index >= 15 is 0 Å². The quantitative estimate of drug-likeness (QED) is 0.836. The van der Waals surface area contributed by atoms with E-state index in [9.17, 15) is 0 Å². The lowest BCUT2D eigenvalue weighted by atomic mass is 10.0. The van der Waals surface area contributed by atoms with E-state index in [1.54, 1.807) is 0 Å². The van der Waals surface area contributed by atoms with Gasteiger partial charge in [-0.15, -0.1) is 0 Å². The number of anilines is 1. The van der Waals surface area contributed by atoms with Crippen LogP contribution in [-0.4, -0.2) is 19.1 Å². The molecular formula is C12H17ClN2. The fourth-order valence-corrected chi connectivity index (χ4v) is 2.51. The molecule has 0 saturated heterocycles. The van der Waals surface area contributed by atoms with E-state index < -0.39 is 0 Å². The zero-order valence-corrected chi connectivity index (χ0v) is 9.96. The van der Waals surface area contributed by atoms with Crippen LogP contribution in [-0.2, 0) is 6.42 Å². The minimum Gasteiger partial charge on any atom is -0.371 e. The van der Waals surface area contributed by atoms with Crippen LogP contribution in [0.5, 0.6) is 0 Å². The smallest absolute Gasteiger partial charge is 0.0410 e. The Morgan fingerprint density at radius 3 is 3.00 bits per heavy atom. The van der Waals surface area contributed by atoms with Gasteiger partial charge in [0.25, 0.3) is 0 Å². The molecule has 1 aliphatic heterocycles. The summed E-state index contributed by atoms with van der Waals surface area (Å²) in [5.74, 6) is 0. The summed E-state index contributed by atoms with van der Waals surface area (Å²) in [6, 6.07) is 6.89. The van der Waals surface area contributed by atoms with E-state index in [4.69, 9.17) is 17.3 Å². The predicted molar refractivity (Wildman–Crippen MR) is 65.6 cm³/mol. The fourth-order valence-electron chi connectivity index (χ4n) is 2.32. The number of hydrogen-bond acceptors (Lipinski definition) is 2. The molecule has 15 heavy (non-hydrogen) atoms. The second kappa shape index (κ2) is 4.03. The van der Waals surface area contributed by atoms with Crippen LogP contribution in [0.25, 0.3) is 0 Å². The van der Waals surface area contributed by atoms with Crippen molar-refractivity contribution in [3.8, 4) is 0 Å². The maximum atomic E-state index is 5.98. The summed E-state index contributed by atoms with van der Waals surface area (Å²) < 4.78 is 0. The first-order chi connectivity index (χ1) is 7.08. The standard InChI is InChI=1S/C12H17ClN2/c1-8(14)5-11-7-9-6-10(13)3-4-12(9)15(11)2/h3-4,6,8,11H,5,7,14H2,1-2H3. The van der Waals surface area contributed by atoms with Gasteiger partial charge in [0.05, 0.1) is 0 Å². The third-order valence-corrected chi connectivity index (χ3v) is 3.30. The zero-order chi connectivity index (χ0) is 11.0. The molecular weight excluding hydrogens is 208 g/mol. The van der Waals surface area contributed by atoms with Gasteiger partial charge in [0.2, 0.25) is 0 Å². The first kappa shape index (κ1) is 10.8. The van der Waals surface area contributed by atoms with E-state index in [0.29, 0.717) is 6.04 Å². The van der Waals surface area contributed by atoms with Crippen LogP contribution in [0.3, 0.4) is 0 Å². The monoisotopic (exact) mass is 224 g/mol. The van der Waals surface area contributed by atoms with Gasteiger partial charge in [-0.25, -0.2) is 0 Å². The van der Waals surface area contributed by atoms with Gasteiger partial charge in [-0.3, -0.25) is 0 Å². The molecule has 0 amide bonds. The molecule has 0 aliphatic carbocycles. The molecule has 2 unspecified atom stereocenters. The van der Waals surface area contributed by atoms with E-state index in [1.165, 1.54) is 11.3 Å². The summed E-state index contributed by atoms with van der Waals surface area (Å²) in [5, 5.41) is 0.823. The average molecular weight is 225 g/mol. The molecule has 1 aliphatic rings. The summed E-state index contributed by atoms with van der Waals surface area (Å²) in [6.07, 6.45) is 2.09. The van der Waals surface area contributed by atoms with Crippen molar-refractivity contribution in [2.45, 2.75) is 31.8 Å². The molecule has 0 aromatic heterocycles. The average Bonchev–Trinajstić information content (AvgIpc) is 2.42. The van der Waals surface area contributed by atoms with Gasteiger partial charge in [-0.2, -0.15) is 0 Å². The molecule has 1 heterocycles. The largest absolute Gasteiger partial charge is 0.371 e. The molecule has 0 saturated carbocycles. The van der Waals surface area contributed by atoms with Crippen LogP contribution in [0.1, 0.15) is 18.9 Å². The molecule has 1 aromatic rings. The molecule has 0 spiro atoms. The van der Waals surface area contributed by atoms with Gasteiger partial charge in [0, 0.05) is 29.8 Å². The topological polar surface area (TPSA) is 29.3 Å². The Morgan fingerprint density at radius 2 is 2.33 bits per heavy atom. The lowest BCUT2D eigenvalue weighted by molar-refractivity contribution is 0.544. The van der Waals surface area contributed by atoms with Crippen molar-refractivity contribution in [1.82, 2.24) is 0 Å². The second-order valence-electron chi connectivity index (χ2n) is 4.45. The number of fused-ring (bicyclic) bond motifs is 1. The molecule has 3 heteroatoms. The lowest BCUT2D eigenvalue weighted by Gasteiger charge is -2.23. The van der Waals surface area contributed by atoms with E-state index in [0.717, 1.165) is 17.9 Å². The Morgan fingerprint density at radius 1 is 1.60 bits per heavy atom. The van der Waals surface area contributed by atoms with Crippen LogP contribution >= 0.6 is 11.6 Å². The second-order valence-corrected chi connectivity index (χ2v) is 4.89. The highest BCUT2D eigenvalue weighted by Crippen LogP contribution is 2.34. The number of likely N-dealkylation sites (N-methyl/N-ethyl adjacent to an activating group) is 1. The number of benzene rings is 1. The SMILES string of the molecule is CC(N)CC1Cc2cc(Cl)ccc2N1C. The van der Waals surface area contributed by atoms with Gasteiger partial charge >= 0.3 is 0 Å². The van der Waals surface area contributed by atoms with Gasteiger partial charge in [0.1, 0.15) is 0 Å². The number of nitrogens with zero attached hydrogens (tertiary/aromatic N) is 1. The van der Waals surface area contributed by atoms with Gasteiger partial charge < -0.3 is 10.6 Å². The fraction of sp³-hybridized carbons (Fsp3) is 0.500. The van der Waals surface area contributed by atoms with Crippen LogP contribution in [0, 0.1) is 0 Å². The summed E-state index contributed by atoms with van der Waals surface area (Å²) in [4.78, 5) is 2.31. The highest BCUT2D eigenvalue weighted by atomic mass is 35.5. The van der Waals surface area contributed by atoms with Crippen LogP contribution in [0.2, 0.25) is 5.02 Å². The van der Waals surface area contributed by atoms with Gasteiger partial charge in [0.15, 0.2) is 0 Å². The summed E-state index contributed by atoms with van der Waals surface area (Å²) in [7, 11) is 2.13. The van der Waals surface area contributed by atoms with E-state index in [1.807, 2.05) is 6.07 Å². The van der Waals surface area contributed by atoms with Crippen molar-refractivity contribution in [2.24, 2.45) is 5.73 Å². The predicted octanol–water partition coefficient (Wildman–Crippen LogP) is 2.44. The number of rotatable bonds is 2. The van der Waals surface area contributed by atoms with Crippen molar-refractivity contribution >= 4 is 17.3 Å². The van der Waals surface area contributed by atoms with Gasteiger partial charge in [-0.1, -0.05) is 11.6 Å². The summed E-state index contributed by atoms with van der Waals surface area (Å²) in [5.41, 5.74) is 8.49. The first-order valence-electron chi connectivity index (χ1n) is 5.35. The van der Waals surface area contributed by atoms with Crippen molar-refractivity contribution in [1.29, 1.82) is 0 Å². The van der Waals surface area contributed by atoms with Crippen LogP contribution in [0.4, 0.5) is 5.69 Å². The first-order valence-corrected chi connectivity index (χ1v) is 5.72. The van der Waals surface area contributed by atoms with Crippen molar-refractivity contribution in [2.75, 3.05) is 11.9 Å². The van der Waals surface area contributed by atoms with Crippen molar-refractivity contribution < 1.29 is 0 Å². The molecule has 1 aromatic carbocycles. The van der Waals surface area contributed by atoms with Crippen molar-refractivity contribution in [3.63, 3.8) is 0 Å². The Labute approximate surface area is 96.0 Å². The van der Waals surface area contributed by atoms with Crippen LogP contribution in [0.15, 0.2) is 18.2 Å². The Balaban J connectivity index is 2.21. The Bertz CT molecular complexity index is 363. The number of hydrogen-bond donors (Lipinski definition) is 1.